The fourth-order valence-corrected chi connectivity index (χ4v) is 5.64. The van der Waals surface area contributed by atoms with Gasteiger partial charge in [0.1, 0.15) is 0 Å². The number of esters is 1. The van der Waals surface area contributed by atoms with E-state index in [-0.39, 0.29) is 12.3 Å². The van der Waals surface area contributed by atoms with Crippen molar-refractivity contribution in [1.82, 2.24) is 4.90 Å². The number of aliphatic hydroxyl groups is 2. The molecule has 3 aliphatic rings. The van der Waals surface area contributed by atoms with E-state index in [0.29, 0.717) is 23.2 Å². The number of fused-ring (bicyclic) bond motifs is 3. The smallest absolute Gasteiger partial charge is 0.309 e. The van der Waals surface area contributed by atoms with Gasteiger partial charge in [-0.3, -0.25) is 4.79 Å². The first kappa shape index (κ1) is 22.8. The van der Waals surface area contributed by atoms with E-state index < -0.39 is 23.3 Å². The molecule has 2 bridgehead atoms. The molecular formula is C29H31NO4. The normalized spacial score (nSPS) is 25.0. The second-order valence-electron chi connectivity index (χ2n) is 9.61. The Balaban J connectivity index is 1.52. The third-order valence-corrected chi connectivity index (χ3v) is 7.45. The predicted molar refractivity (Wildman–Crippen MR) is 130 cm³/mol. The highest BCUT2D eigenvalue weighted by Crippen LogP contribution is 2.44. The Morgan fingerprint density at radius 2 is 1.41 bits per heavy atom. The number of carbonyl (C=O) groups excluding carboxylic acids is 1. The van der Waals surface area contributed by atoms with Gasteiger partial charge in [-0.25, -0.2) is 0 Å². The van der Waals surface area contributed by atoms with Crippen molar-refractivity contribution < 1.29 is 19.7 Å². The predicted octanol–water partition coefficient (Wildman–Crippen LogP) is 4.05. The Morgan fingerprint density at radius 1 is 0.912 bits per heavy atom. The van der Waals surface area contributed by atoms with E-state index in [1.807, 2.05) is 91.0 Å². The Morgan fingerprint density at radius 3 is 1.88 bits per heavy atom. The average molecular weight is 458 g/mol. The van der Waals surface area contributed by atoms with Crippen molar-refractivity contribution in [2.45, 2.75) is 36.6 Å². The summed E-state index contributed by atoms with van der Waals surface area (Å²) in [6.07, 6.45) is 0.709. The topological polar surface area (TPSA) is 70.0 Å². The van der Waals surface area contributed by atoms with Crippen molar-refractivity contribution in [2.24, 2.45) is 5.92 Å². The molecule has 0 spiro atoms. The minimum atomic E-state index is -1.61. The summed E-state index contributed by atoms with van der Waals surface area (Å²) in [5.41, 5.74) is -0.760. The molecule has 5 heteroatoms. The molecule has 0 saturated carbocycles. The van der Waals surface area contributed by atoms with E-state index in [1.54, 1.807) is 0 Å². The quantitative estimate of drug-likeness (QED) is 0.524. The molecule has 3 saturated heterocycles. The van der Waals surface area contributed by atoms with Crippen LogP contribution in [0.2, 0.25) is 0 Å². The highest BCUT2D eigenvalue weighted by atomic mass is 16.6. The van der Waals surface area contributed by atoms with Crippen molar-refractivity contribution in [3.05, 3.63) is 108 Å². The van der Waals surface area contributed by atoms with Gasteiger partial charge in [-0.05, 0) is 48.5 Å². The zero-order valence-corrected chi connectivity index (χ0v) is 19.2. The fourth-order valence-electron chi connectivity index (χ4n) is 5.64. The third-order valence-electron chi connectivity index (χ3n) is 7.45. The van der Waals surface area contributed by atoms with Crippen LogP contribution in [0.25, 0.3) is 0 Å². The molecule has 5 nitrogen and oxygen atoms in total. The zero-order valence-electron chi connectivity index (χ0n) is 19.2. The van der Waals surface area contributed by atoms with Crippen LogP contribution in [0.1, 0.15) is 42.1 Å². The molecule has 2 unspecified atom stereocenters. The lowest BCUT2D eigenvalue weighted by molar-refractivity contribution is -0.177. The van der Waals surface area contributed by atoms with Crippen LogP contribution in [0.3, 0.4) is 0 Å². The van der Waals surface area contributed by atoms with Gasteiger partial charge in [-0.2, -0.15) is 0 Å². The second-order valence-corrected chi connectivity index (χ2v) is 9.61. The Bertz CT molecular complexity index is 1060. The first-order chi connectivity index (χ1) is 16.5. The minimum absolute atomic E-state index is 0.0862. The summed E-state index contributed by atoms with van der Waals surface area (Å²) in [6.45, 7) is 2.43. The maximum Gasteiger partial charge on any atom is 0.309 e. The molecule has 0 amide bonds. The van der Waals surface area contributed by atoms with Crippen molar-refractivity contribution >= 4 is 5.97 Å². The maximum absolute atomic E-state index is 13.4. The van der Waals surface area contributed by atoms with E-state index in [0.717, 1.165) is 25.9 Å². The lowest BCUT2D eigenvalue weighted by Crippen LogP contribution is -2.60. The number of piperidine rings is 3. The summed E-state index contributed by atoms with van der Waals surface area (Å²) in [6, 6.07) is 28.0. The Hall–Kier alpha value is -2.99. The highest BCUT2D eigenvalue weighted by molar-refractivity contribution is 5.71. The van der Waals surface area contributed by atoms with Gasteiger partial charge in [0.05, 0.1) is 12.0 Å². The molecule has 0 radical (unpaired) electrons. The molecule has 3 fully saturated rings. The Labute approximate surface area is 200 Å². The summed E-state index contributed by atoms with van der Waals surface area (Å²) in [4.78, 5) is 15.6. The molecule has 6 rings (SSSR count). The maximum atomic E-state index is 13.4. The summed E-state index contributed by atoms with van der Waals surface area (Å²) in [5.74, 6) is -0.405. The van der Waals surface area contributed by atoms with Crippen LogP contribution in [0, 0.1) is 5.92 Å². The number of nitrogens with zero attached hydrogens (tertiary/aromatic N) is 1. The lowest BCUT2D eigenvalue weighted by atomic mass is 9.73. The molecule has 3 aliphatic heterocycles. The number of ether oxygens (including phenoxy) is 1. The third kappa shape index (κ3) is 4.27. The summed E-state index contributed by atoms with van der Waals surface area (Å²) in [5, 5.41) is 23.7. The SMILES string of the molecule is O=C(CC1(O)CN2CCC1CC2)OC(c1ccccc1)C(O)(c1ccccc1)c1ccccc1. The van der Waals surface area contributed by atoms with Gasteiger partial charge in [-0.1, -0.05) is 91.0 Å². The number of hydrogen-bond donors (Lipinski definition) is 2. The molecule has 176 valence electrons. The average Bonchev–Trinajstić information content (AvgIpc) is 2.88. The van der Waals surface area contributed by atoms with Gasteiger partial charge in [0, 0.05) is 6.54 Å². The van der Waals surface area contributed by atoms with Crippen LogP contribution >= 0.6 is 0 Å². The standard InChI is InChI=1S/C29H31NO4/c31-26(20-28(32)21-30-18-16-23(28)17-19-30)34-27(22-10-4-1-5-11-22)29(33,24-12-6-2-7-13-24)25-14-8-3-9-15-25/h1-15,23,27,32-33H,16-21H2. The molecule has 2 N–H and O–H groups in total. The van der Waals surface area contributed by atoms with Crippen molar-refractivity contribution in [3.8, 4) is 0 Å². The monoisotopic (exact) mass is 457 g/mol. The number of rotatable bonds is 7. The van der Waals surface area contributed by atoms with Crippen LogP contribution in [0.5, 0.6) is 0 Å². The minimum Gasteiger partial charge on any atom is -0.454 e. The Kier molecular flexibility index (Phi) is 6.26. The van der Waals surface area contributed by atoms with Gasteiger partial charge < -0.3 is 19.8 Å². The van der Waals surface area contributed by atoms with Crippen molar-refractivity contribution in [2.75, 3.05) is 19.6 Å². The number of carbonyl (C=O) groups is 1. The van der Waals surface area contributed by atoms with Gasteiger partial charge >= 0.3 is 5.97 Å². The molecule has 34 heavy (non-hydrogen) atoms. The molecular weight excluding hydrogens is 426 g/mol. The first-order valence-corrected chi connectivity index (χ1v) is 12.0. The second kappa shape index (κ2) is 9.34. The summed E-state index contributed by atoms with van der Waals surface area (Å²) in [7, 11) is 0. The molecule has 3 aromatic rings. The van der Waals surface area contributed by atoms with Crippen LogP contribution in [0.4, 0.5) is 0 Å². The van der Waals surface area contributed by atoms with E-state index >= 15 is 0 Å². The van der Waals surface area contributed by atoms with Gasteiger partial charge in [-0.15, -0.1) is 0 Å². The van der Waals surface area contributed by atoms with E-state index in [4.69, 9.17) is 4.74 Å². The van der Waals surface area contributed by atoms with Crippen LogP contribution in [-0.2, 0) is 15.1 Å². The first-order valence-electron chi connectivity index (χ1n) is 12.0. The largest absolute Gasteiger partial charge is 0.454 e. The zero-order chi connectivity index (χ0) is 23.6. The highest BCUT2D eigenvalue weighted by Gasteiger charge is 2.49. The fraction of sp³-hybridized carbons (Fsp3) is 0.345. The summed E-state index contributed by atoms with van der Waals surface area (Å²) >= 11 is 0. The van der Waals surface area contributed by atoms with Crippen LogP contribution < -0.4 is 0 Å². The molecule has 3 aromatic carbocycles. The summed E-state index contributed by atoms with van der Waals surface area (Å²) < 4.78 is 6.12. The number of hydrogen-bond acceptors (Lipinski definition) is 5. The molecule has 0 aromatic heterocycles. The van der Waals surface area contributed by atoms with Crippen molar-refractivity contribution in [1.29, 1.82) is 0 Å². The van der Waals surface area contributed by atoms with Crippen LogP contribution in [-0.4, -0.2) is 46.3 Å². The lowest BCUT2D eigenvalue weighted by Gasteiger charge is -2.50. The van der Waals surface area contributed by atoms with E-state index in [2.05, 4.69) is 4.90 Å². The van der Waals surface area contributed by atoms with Gasteiger partial charge in [0.25, 0.3) is 0 Å². The number of benzene rings is 3. The molecule has 0 aliphatic carbocycles. The molecule has 2 atom stereocenters. The van der Waals surface area contributed by atoms with Crippen molar-refractivity contribution in [3.63, 3.8) is 0 Å². The van der Waals surface area contributed by atoms with Gasteiger partial charge in [0.15, 0.2) is 11.7 Å². The van der Waals surface area contributed by atoms with Crippen LogP contribution in [0.15, 0.2) is 91.0 Å². The van der Waals surface area contributed by atoms with E-state index in [1.165, 1.54) is 0 Å². The van der Waals surface area contributed by atoms with E-state index in [9.17, 15) is 15.0 Å². The van der Waals surface area contributed by atoms with Gasteiger partial charge in [0.2, 0.25) is 0 Å². The molecule has 3 heterocycles.